The van der Waals surface area contributed by atoms with E-state index in [0.717, 1.165) is 12.1 Å². The molecule has 16 nitrogen and oxygen atoms in total. The summed E-state index contributed by atoms with van der Waals surface area (Å²) in [7, 11) is 0. The molecule has 2 heterocycles. The summed E-state index contributed by atoms with van der Waals surface area (Å²) in [5.74, 6) is -3.62. The van der Waals surface area contributed by atoms with Crippen LogP contribution in [-0.4, -0.2) is 119 Å². The van der Waals surface area contributed by atoms with E-state index >= 15 is 0 Å². The third-order valence-electron chi connectivity index (χ3n) is 5.73. The van der Waals surface area contributed by atoms with E-state index in [4.69, 9.17) is 39.0 Å². The van der Waals surface area contributed by atoms with Gasteiger partial charge in [0, 0.05) is 19.4 Å². The Morgan fingerprint density at radius 3 is 1.93 bits per heavy atom. The minimum atomic E-state index is -1.33. The van der Waals surface area contributed by atoms with E-state index in [-0.39, 0.29) is 71.6 Å². The fourth-order valence-corrected chi connectivity index (χ4v) is 3.76. The summed E-state index contributed by atoms with van der Waals surface area (Å²) < 4.78 is 29.0. The van der Waals surface area contributed by atoms with Gasteiger partial charge in [0.05, 0.1) is 84.0 Å². The first-order valence-electron chi connectivity index (χ1n) is 13.0. The maximum Gasteiger partial charge on any atom is 0.305 e. The van der Waals surface area contributed by atoms with Crippen LogP contribution in [0.15, 0.2) is 6.20 Å². The van der Waals surface area contributed by atoms with Gasteiger partial charge in [-0.1, -0.05) is 5.21 Å². The fraction of sp³-hybridized carbons (Fsp3) is 0.750. The molecule has 0 spiro atoms. The minimum absolute atomic E-state index is 0.0311. The van der Waals surface area contributed by atoms with Crippen molar-refractivity contribution in [3.05, 3.63) is 11.9 Å². The number of hydrogen-bond acceptors (Lipinski definition) is 11. The van der Waals surface area contributed by atoms with E-state index in [9.17, 15) is 19.2 Å². The van der Waals surface area contributed by atoms with Crippen LogP contribution in [0.3, 0.4) is 0 Å². The average molecular weight is 575 g/mol. The first-order chi connectivity index (χ1) is 19.2. The number of carbonyl (C=O) groups excluding carboxylic acids is 1. The van der Waals surface area contributed by atoms with Gasteiger partial charge in [-0.25, -0.2) is 4.68 Å². The molecule has 0 aromatic carbocycles. The number of carboxylic acids is 3. The quantitative estimate of drug-likeness (QED) is 0.123. The number of nitrogens with zero attached hydrogens (tertiary/aromatic N) is 3. The normalized spacial score (nSPS) is 13.9. The van der Waals surface area contributed by atoms with Crippen molar-refractivity contribution in [2.45, 2.75) is 63.3 Å². The van der Waals surface area contributed by atoms with Crippen LogP contribution in [0.1, 0.15) is 44.2 Å². The molecule has 2 rings (SSSR count). The number of ether oxygens (including phenoxy) is 5. The number of aryl methyl sites for hydroxylation is 2. The summed E-state index contributed by atoms with van der Waals surface area (Å²) >= 11 is 0. The lowest BCUT2D eigenvalue weighted by Crippen LogP contribution is -2.58. The van der Waals surface area contributed by atoms with Crippen LogP contribution >= 0.6 is 0 Å². The molecule has 1 saturated heterocycles. The van der Waals surface area contributed by atoms with Crippen molar-refractivity contribution < 1.29 is 58.2 Å². The Balaban J connectivity index is 1.99. The van der Waals surface area contributed by atoms with E-state index in [2.05, 4.69) is 15.6 Å². The number of rotatable bonds is 23. The fourth-order valence-electron chi connectivity index (χ4n) is 3.76. The van der Waals surface area contributed by atoms with Crippen molar-refractivity contribution in [1.82, 2.24) is 20.3 Å². The maximum absolute atomic E-state index is 13.0. The third-order valence-corrected chi connectivity index (χ3v) is 5.73. The van der Waals surface area contributed by atoms with Gasteiger partial charge in [0.2, 0.25) is 5.91 Å². The van der Waals surface area contributed by atoms with Crippen LogP contribution in [0, 0.1) is 0 Å². The van der Waals surface area contributed by atoms with E-state index in [1.807, 2.05) is 0 Å². The van der Waals surface area contributed by atoms with Gasteiger partial charge in [-0.05, 0) is 12.8 Å². The zero-order chi connectivity index (χ0) is 29.2. The molecule has 226 valence electrons. The van der Waals surface area contributed by atoms with Gasteiger partial charge in [0.25, 0.3) is 0 Å². The maximum atomic E-state index is 13.0. The molecule has 4 N–H and O–H groups in total. The zero-order valence-corrected chi connectivity index (χ0v) is 22.3. The molecule has 1 aromatic rings. The summed E-state index contributed by atoms with van der Waals surface area (Å²) in [5.41, 5.74) is -0.589. The Labute approximate surface area is 230 Å². The molecule has 0 atom stereocenters. The first-order valence-corrected chi connectivity index (χ1v) is 13.0. The molecule has 0 radical (unpaired) electrons. The SMILES string of the molecule is O=C(O)CCOCC(COCCC(=O)O)(COCCC(=O)O)NC(=O)CCc1cnnn1CCCC1OCCO1. The molecule has 1 amide bonds. The summed E-state index contributed by atoms with van der Waals surface area (Å²) in [6.07, 6.45) is 2.30. The van der Waals surface area contributed by atoms with Crippen molar-refractivity contribution in [3.8, 4) is 0 Å². The van der Waals surface area contributed by atoms with Crippen molar-refractivity contribution in [2.24, 2.45) is 0 Å². The predicted octanol–water partition coefficient (Wildman–Crippen LogP) is -0.307. The lowest BCUT2D eigenvalue weighted by atomic mass is 10.0. The zero-order valence-electron chi connectivity index (χ0n) is 22.3. The van der Waals surface area contributed by atoms with Gasteiger partial charge >= 0.3 is 17.9 Å². The standard InChI is InChI=1S/C24H38N4O12/c29-19(4-3-18-14-25-27-28(18)8-1-2-23-39-12-13-40-23)26-24(15-36-9-5-20(30)31,16-37-10-6-21(32)33)17-38-11-7-22(34)35/h14,23H,1-13,15-17H2,(H,26,29)(H,30,31)(H,32,33)(H,34,35). The highest BCUT2D eigenvalue weighted by atomic mass is 16.7. The van der Waals surface area contributed by atoms with Gasteiger partial charge in [0.1, 0.15) is 5.54 Å². The van der Waals surface area contributed by atoms with E-state index in [1.165, 1.54) is 0 Å². The number of aromatic nitrogens is 3. The molecular formula is C24H38N4O12. The molecular weight excluding hydrogens is 536 g/mol. The summed E-state index contributed by atoms with van der Waals surface area (Å²) in [5, 5.41) is 37.5. The summed E-state index contributed by atoms with van der Waals surface area (Å²) in [6, 6.07) is 0. The van der Waals surface area contributed by atoms with E-state index < -0.39 is 29.4 Å². The molecule has 1 aromatic heterocycles. The predicted molar refractivity (Wildman–Crippen MR) is 133 cm³/mol. The van der Waals surface area contributed by atoms with E-state index in [1.54, 1.807) is 10.9 Å². The summed E-state index contributed by atoms with van der Waals surface area (Å²) in [6.45, 7) is 0.628. The monoisotopic (exact) mass is 574 g/mol. The van der Waals surface area contributed by atoms with Crippen LogP contribution in [0.2, 0.25) is 0 Å². The van der Waals surface area contributed by atoms with Crippen LogP contribution in [0.4, 0.5) is 0 Å². The number of hydrogen-bond donors (Lipinski definition) is 4. The van der Waals surface area contributed by atoms with E-state index in [0.29, 0.717) is 32.6 Å². The second-order valence-corrected chi connectivity index (χ2v) is 9.18. The molecule has 0 saturated carbocycles. The van der Waals surface area contributed by atoms with Crippen LogP contribution in [0.5, 0.6) is 0 Å². The lowest BCUT2D eigenvalue weighted by molar-refractivity contribution is -0.140. The average Bonchev–Trinajstić information content (AvgIpc) is 3.58. The number of carboxylic acid groups (broad SMARTS) is 3. The Kier molecular flexibility index (Phi) is 15.0. The van der Waals surface area contributed by atoms with Crippen molar-refractivity contribution in [2.75, 3.05) is 52.9 Å². The molecule has 16 heteroatoms. The van der Waals surface area contributed by atoms with Crippen molar-refractivity contribution >= 4 is 23.8 Å². The smallest absolute Gasteiger partial charge is 0.305 e. The van der Waals surface area contributed by atoms with Crippen LogP contribution in [0.25, 0.3) is 0 Å². The topological polar surface area (TPSA) is 218 Å². The van der Waals surface area contributed by atoms with Gasteiger partial charge < -0.3 is 44.3 Å². The van der Waals surface area contributed by atoms with Crippen molar-refractivity contribution in [3.63, 3.8) is 0 Å². The highest BCUT2D eigenvalue weighted by molar-refractivity contribution is 5.77. The highest BCUT2D eigenvalue weighted by Gasteiger charge is 2.34. The first kappa shape index (κ1) is 33.0. The largest absolute Gasteiger partial charge is 0.481 e. The number of amides is 1. The lowest BCUT2D eigenvalue weighted by Gasteiger charge is -2.34. The minimum Gasteiger partial charge on any atom is -0.481 e. The number of nitrogens with one attached hydrogen (secondary N) is 1. The van der Waals surface area contributed by atoms with Crippen LogP contribution < -0.4 is 5.32 Å². The second kappa shape index (κ2) is 18.2. The Morgan fingerprint density at radius 2 is 1.43 bits per heavy atom. The molecule has 1 aliphatic heterocycles. The summed E-state index contributed by atoms with van der Waals surface area (Å²) in [4.78, 5) is 45.7. The van der Waals surface area contributed by atoms with Gasteiger partial charge in [-0.15, -0.1) is 5.10 Å². The molecule has 0 bridgehead atoms. The molecule has 40 heavy (non-hydrogen) atoms. The Morgan fingerprint density at radius 1 is 0.900 bits per heavy atom. The Bertz CT molecular complexity index is 880. The number of aliphatic carboxylic acids is 3. The van der Waals surface area contributed by atoms with Gasteiger partial charge in [-0.3, -0.25) is 19.2 Å². The molecule has 0 aliphatic carbocycles. The highest BCUT2D eigenvalue weighted by Crippen LogP contribution is 2.14. The van der Waals surface area contributed by atoms with Crippen LogP contribution in [-0.2, 0) is 55.8 Å². The van der Waals surface area contributed by atoms with Gasteiger partial charge in [0.15, 0.2) is 6.29 Å². The third kappa shape index (κ3) is 13.7. The van der Waals surface area contributed by atoms with Crippen molar-refractivity contribution in [1.29, 1.82) is 0 Å². The molecule has 1 aliphatic rings. The Hall–Kier alpha value is -3.18. The number of carbonyl (C=O) groups is 4. The second-order valence-electron chi connectivity index (χ2n) is 9.18. The molecule has 0 unspecified atom stereocenters. The molecule has 1 fully saturated rings. The van der Waals surface area contributed by atoms with Gasteiger partial charge in [-0.2, -0.15) is 0 Å².